The highest BCUT2D eigenvalue weighted by molar-refractivity contribution is 7.89. The lowest BCUT2D eigenvalue weighted by molar-refractivity contribution is 0.0272. The molecule has 0 amide bonds. The standard InChI is InChI=1S/C13H20FN3O3S/c1-2-15-10-11-3-4-12(14)9-13(11)21(18,19)16-17-5-7-20-8-6-17/h3-4,9,15-16H,2,5-8,10H2,1H3. The summed E-state index contributed by atoms with van der Waals surface area (Å²) in [4.78, 5) is 2.45. The highest BCUT2D eigenvalue weighted by Crippen LogP contribution is 2.18. The van der Waals surface area contributed by atoms with Crippen LogP contribution in [0, 0.1) is 5.82 Å². The van der Waals surface area contributed by atoms with Gasteiger partial charge in [0.25, 0.3) is 10.0 Å². The zero-order valence-electron chi connectivity index (χ0n) is 11.9. The van der Waals surface area contributed by atoms with Crippen LogP contribution >= 0.6 is 0 Å². The minimum absolute atomic E-state index is 0.0325. The molecule has 6 nitrogen and oxygen atoms in total. The van der Waals surface area contributed by atoms with Gasteiger partial charge in [0.15, 0.2) is 0 Å². The van der Waals surface area contributed by atoms with Crippen molar-refractivity contribution in [2.45, 2.75) is 18.4 Å². The van der Waals surface area contributed by atoms with E-state index in [1.165, 1.54) is 12.1 Å². The molecule has 1 aliphatic rings. The number of benzene rings is 1. The Morgan fingerprint density at radius 3 is 2.71 bits per heavy atom. The number of ether oxygens (including phenoxy) is 1. The van der Waals surface area contributed by atoms with Crippen molar-refractivity contribution in [3.8, 4) is 0 Å². The maximum atomic E-state index is 13.4. The number of morpholine rings is 1. The van der Waals surface area contributed by atoms with Gasteiger partial charge < -0.3 is 10.1 Å². The van der Waals surface area contributed by atoms with E-state index in [4.69, 9.17) is 4.74 Å². The summed E-state index contributed by atoms with van der Waals surface area (Å²) in [6.07, 6.45) is 0. The van der Waals surface area contributed by atoms with Crippen molar-refractivity contribution in [2.24, 2.45) is 0 Å². The van der Waals surface area contributed by atoms with E-state index in [1.807, 2.05) is 6.92 Å². The summed E-state index contributed by atoms with van der Waals surface area (Å²) < 4.78 is 43.5. The second-order valence-corrected chi connectivity index (χ2v) is 6.36. The van der Waals surface area contributed by atoms with Gasteiger partial charge in [0, 0.05) is 19.6 Å². The van der Waals surface area contributed by atoms with Crippen LogP contribution in [0.2, 0.25) is 0 Å². The Labute approximate surface area is 124 Å². The summed E-state index contributed by atoms with van der Waals surface area (Å²) in [5, 5.41) is 4.62. The van der Waals surface area contributed by atoms with Gasteiger partial charge in [-0.2, -0.15) is 0 Å². The molecule has 0 saturated carbocycles. The number of sulfonamides is 1. The van der Waals surface area contributed by atoms with Gasteiger partial charge in [-0.1, -0.05) is 13.0 Å². The molecule has 0 radical (unpaired) electrons. The smallest absolute Gasteiger partial charge is 0.253 e. The van der Waals surface area contributed by atoms with E-state index in [0.717, 1.165) is 6.07 Å². The van der Waals surface area contributed by atoms with Crippen molar-refractivity contribution in [2.75, 3.05) is 32.8 Å². The second kappa shape index (κ2) is 7.28. The zero-order valence-corrected chi connectivity index (χ0v) is 12.7. The molecule has 0 spiro atoms. The Bertz CT molecular complexity index is 574. The van der Waals surface area contributed by atoms with Crippen molar-refractivity contribution in [3.05, 3.63) is 29.6 Å². The van der Waals surface area contributed by atoms with Crippen LogP contribution < -0.4 is 10.1 Å². The predicted molar refractivity (Wildman–Crippen MR) is 76.5 cm³/mol. The van der Waals surface area contributed by atoms with E-state index in [2.05, 4.69) is 10.1 Å². The maximum absolute atomic E-state index is 13.4. The Kier molecular flexibility index (Phi) is 5.65. The maximum Gasteiger partial charge on any atom is 0.253 e. The summed E-state index contributed by atoms with van der Waals surface area (Å²) >= 11 is 0. The number of hydrogen-bond acceptors (Lipinski definition) is 5. The zero-order chi connectivity index (χ0) is 15.3. The van der Waals surface area contributed by atoms with Crippen LogP contribution in [0.5, 0.6) is 0 Å². The molecule has 0 bridgehead atoms. The fraction of sp³-hybridized carbons (Fsp3) is 0.538. The number of nitrogens with zero attached hydrogens (tertiary/aromatic N) is 1. The van der Waals surface area contributed by atoms with Crippen molar-refractivity contribution in [1.82, 2.24) is 15.2 Å². The van der Waals surface area contributed by atoms with Gasteiger partial charge in [0.05, 0.1) is 18.1 Å². The van der Waals surface area contributed by atoms with Gasteiger partial charge >= 0.3 is 0 Å². The Morgan fingerprint density at radius 1 is 1.33 bits per heavy atom. The number of nitrogens with one attached hydrogen (secondary N) is 2. The minimum atomic E-state index is -3.80. The Balaban J connectivity index is 2.22. The van der Waals surface area contributed by atoms with Gasteiger partial charge in [0.2, 0.25) is 0 Å². The molecule has 0 atom stereocenters. The monoisotopic (exact) mass is 317 g/mol. The molecule has 2 rings (SSSR count). The second-order valence-electron chi connectivity index (χ2n) is 4.73. The number of hydrogen-bond donors (Lipinski definition) is 2. The van der Waals surface area contributed by atoms with E-state index in [1.54, 1.807) is 5.01 Å². The molecular weight excluding hydrogens is 297 g/mol. The summed E-state index contributed by atoms with van der Waals surface area (Å²) in [6.45, 7) is 4.87. The molecule has 0 aromatic heterocycles. The molecule has 0 unspecified atom stereocenters. The average molecular weight is 317 g/mol. The normalized spacial score (nSPS) is 17.0. The van der Waals surface area contributed by atoms with Gasteiger partial charge in [-0.05, 0) is 24.2 Å². The largest absolute Gasteiger partial charge is 0.379 e. The fourth-order valence-corrected chi connectivity index (χ4v) is 3.43. The first-order chi connectivity index (χ1) is 10.0. The summed E-state index contributed by atoms with van der Waals surface area (Å²) in [7, 11) is -3.80. The summed E-state index contributed by atoms with van der Waals surface area (Å²) in [6, 6.07) is 3.81. The van der Waals surface area contributed by atoms with Gasteiger partial charge in [-0.25, -0.2) is 17.8 Å². The van der Waals surface area contributed by atoms with Crippen molar-refractivity contribution in [1.29, 1.82) is 0 Å². The predicted octanol–water partition coefficient (Wildman–Crippen LogP) is 0.461. The molecule has 1 fully saturated rings. The van der Waals surface area contributed by atoms with Crippen LogP contribution in [0.25, 0.3) is 0 Å². The fourth-order valence-electron chi connectivity index (χ4n) is 2.06. The number of hydrazine groups is 1. The number of halogens is 1. The molecule has 21 heavy (non-hydrogen) atoms. The van der Waals surface area contributed by atoms with Crippen molar-refractivity contribution < 1.29 is 17.5 Å². The highest BCUT2D eigenvalue weighted by atomic mass is 32.2. The SMILES string of the molecule is CCNCc1ccc(F)cc1S(=O)(=O)NN1CCOCC1. The summed E-state index contributed by atoms with van der Waals surface area (Å²) in [5.41, 5.74) is 0.541. The van der Waals surface area contributed by atoms with E-state index in [0.29, 0.717) is 45.0 Å². The Morgan fingerprint density at radius 2 is 2.05 bits per heavy atom. The molecule has 0 aliphatic carbocycles. The van der Waals surface area contributed by atoms with E-state index in [-0.39, 0.29) is 4.90 Å². The van der Waals surface area contributed by atoms with Crippen molar-refractivity contribution >= 4 is 10.0 Å². The lowest BCUT2D eigenvalue weighted by Gasteiger charge is -2.27. The van der Waals surface area contributed by atoms with E-state index in [9.17, 15) is 12.8 Å². The van der Waals surface area contributed by atoms with Gasteiger partial charge in [-0.15, -0.1) is 4.83 Å². The third-order valence-electron chi connectivity index (χ3n) is 3.14. The van der Waals surface area contributed by atoms with Crippen LogP contribution in [0.1, 0.15) is 12.5 Å². The van der Waals surface area contributed by atoms with Crippen LogP contribution in [-0.4, -0.2) is 46.3 Å². The van der Waals surface area contributed by atoms with Gasteiger partial charge in [0.1, 0.15) is 5.82 Å². The first kappa shape index (κ1) is 16.3. The first-order valence-electron chi connectivity index (χ1n) is 6.87. The van der Waals surface area contributed by atoms with Crippen LogP contribution in [0.4, 0.5) is 4.39 Å². The molecule has 1 saturated heterocycles. The molecule has 1 aromatic rings. The van der Waals surface area contributed by atoms with E-state index < -0.39 is 15.8 Å². The van der Waals surface area contributed by atoms with Gasteiger partial charge in [-0.3, -0.25) is 0 Å². The molecule has 1 aromatic carbocycles. The molecule has 1 heterocycles. The molecule has 2 N–H and O–H groups in total. The third kappa shape index (κ3) is 4.45. The molecule has 118 valence electrons. The lowest BCUT2D eigenvalue weighted by Crippen LogP contribution is -2.48. The molecule has 8 heteroatoms. The topological polar surface area (TPSA) is 70.7 Å². The Hall–Kier alpha value is -1.06. The first-order valence-corrected chi connectivity index (χ1v) is 8.35. The van der Waals surface area contributed by atoms with Crippen LogP contribution in [-0.2, 0) is 21.3 Å². The van der Waals surface area contributed by atoms with E-state index >= 15 is 0 Å². The molecule has 1 aliphatic heterocycles. The average Bonchev–Trinajstić information content (AvgIpc) is 2.46. The van der Waals surface area contributed by atoms with Crippen LogP contribution in [0.15, 0.2) is 23.1 Å². The lowest BCUT2D eigenvalue weighted by atomic mass is 10.2. The van der Waals surface area contributed by atoms with Crippen molar-refractivity contribution in [3.63, 3.8) is 0 Å². The number of rotatable bonds is 6. The molecular formula is C13H20FN3O3S. The van der Waals surface area contributed by atoms with Crippen LogP contribution in [0.3, 0.4) is 0 Å². The third-order valence-corrected chi connectivity index (χ3v) is 4.60. The quantitative estimate of drug-likeness (QED) is 0.798. The summed E-state index contributed by atoms with van der Waals surface area (Å²) in [5.74, 6) is -0.572. The minimum Gasteiger partial charge on any atom is -0.379 e. The highest BCUT2D eigenvalue weighted by Gasteiger charge is 2.23.